The van der Waals surface area contributed by atoms with Crippen LogP contribution in [0.5, 0.6) is 5.75 Å². The summed E-state index contributed by atoms with van der Waals surface area (Å²) in [6.45, 7) is 3.67. The molecule has 6 nitrogen and oxygen atoms in total. The van der Waals surface area contributed by atoms with Crippen molar-refractivity contribution in [2.75, 3.05) is 26.2 Å². The fourth-order valence-corrected chi connectivity index (χ4v) is 4.22. The van der Waals surface area contributed by atoms with E-state index in [0.29, 0.717) is 30.4 Å². The first-order valence-electron chi connectivity index (χ1n) is 8.45. The summed E-state index contributed by atoms with van der Waals surface area (Å²) < 4.78 is 6.24. The zero-order chi connectivity index (χ0) is 18.7. The molecule has 1 aromatic rings. The predicted molar refractivity (Wildman–Crippen MR) is 104 cm³/mol. The molecule has 0 radical (unpaired) electrons. The molecule has 26 heavy (non-hydrogen) atoms. The minimum Gasteiger partial charge on any atom is -0.493 e. The van der Waals surface area contributed by atoms with Gasteiger partial charge in [-0.25, -0.2) is 0 Å². The number of carbonyl (C=O) groups is 3. The lowest BCUT2D eigenvalue weighted by Gasteiger charge is -2.18. The highest BCUT2D eigenvalue weighted by Gasteiger charge is 2.37. The topological polar surface area (TPSA) is 66.9 Å². The first kappa shape index (κ1) is 19.0. The maximum absolute atomic E-state index is 12.5. The molecule has 138 valence electrons. The van der Waals surface area contributed by atoms with Crippen molar-refractivity contribution in [1.82, 2.24) is 9.80 Å². The third kappa shape index (κ3) is 4.12. The number of hydrogen-bond acceptors (Lipinski definition) is 5. The average Bonchev–Trinajstić information content (AvgIpc) is 3.22. The van der Waals surface area contributed by atoms with Crippen molar-refractivity contribution in [2.24, 2.45) is 0 Å². The largest absolute Gasteiger partial charge is 0.493 e. The highest BCUT2D eigenvalue weighted by Crippen LogP contribution is 2.34. The molecular weight excluding hydrogens is 420 g/mol. The molecule has 3 amide bonds. The summed E-state index contributed by atoms with van der Waals surface area (Å²) in [5.74, 6) is 0.126. The molecule has 0 N–H and O–H groups in total. The van der Waals surface area contributed by atoms with E-state index in [-0.39, 0.29) is 12.5 Å². The number of imide groups is 1. The fraction of sp³-hybridized carbons (Fsp3) is 0.389. The molecule has 0 unspecified atom stereocenters. The van der Waals surface area contributed by atoms with Crippen LogP contribution in [0.4, 0.5) is 4.79 Å². The SMILES string of the molecule is CCOc1ccc(/C=C2\SC(=O)N(CC(=O)N3CCCC3)C2=O)cc1Br. The van der Waals surface area contributed by atoms with E-state index in [2.05, 4.69) is 15.9 Å². The monoisotopic (exact) mass is 438 g/mol. The van der Waals surface area contributed by atoms with E-state index in [1.54, 1.807) is 17.0 Å². The van der Waals surface area contributed by atoms with Gasteiger partial charge in [-0.05, 0) is 71.2 Å². The van der Waals surface area contributed by atoms with Crippen molar-refractivity contribution in [3.05, 3.63) is 33.1 Å². The third-order valence-electron chi connectivity index (χ3n) is 4.18. The van der Waals surface area contributed by atoms with Crippen LogP contribution in [-0.2, 0) is 9.59 Å². The van der Waals surface area contributed by atoms with Gasteiger partial charge in [0.25, 0.3) is 11.1 Å². The molecule has 1 aromatic carbocycles. The lowest BCUT2D eigenvalue weighted by molar-refractivity contribution is -0.135. The normalized spacial score (nSPS) is 18.9. The lowest BCUT2D eigenvalue weighted by Crippen LogP contribution is -2.40. The van der Waals surface area contributed by atoms with Crippen molar-refractivity contribution < 1.29 is 19.1 Å². The molecule has 2 aliphatic heterocycles. The number of halogens is 1. The summed E-state index contributed by atoms with van der Waals surface area (Å²) in [6.07, 6.45) is 3.60. The Balaban J connectivity index is 1.72. The van der Waals surface area contributed by atoms with Crippen LogP contribution in [0.15, 0.2) is 27.6 Å². The second-order valence-corrected chi connectivity index (χ2v) is 7.83. The van der Waals surface area contributed by atoms with Gasteiger partial charge in [0, 0.05) is 13.1 Å². The summed E-state index contributed by atoms with van der Waals surface area (Å²) in [5, 5.41) is -0.404. The summed E-state index contributed by atoms with van der Waals surface area (Å²) in [6, 6.07) is 5.45. The lowest BCUT2D eigenvalue weighted by atomic mass is 10.2. The van der Waals surface area contributed by atoms with Crippen LogP contribution < -0.4 is 4.74 Å². The second kappa shape index (κ2) is 8.26. The van der Waals surface area contributed by atoms with Crippen LogP contribution in [-0.4, -0.2) is 53.1 Å². The van der Waals surface area contributed by atoms with E-state index < -0.39 is 11.1 Å². The minimum absolute atomic E-state index is 0.171. The minimum atomic E-state index is -0.419. The van der Waals surface area contributed by atoms with Crippen molar-refractivity contribution in [1.29, 1.82) is 0 Å². The Kier molecular flexibility index (Phi) is 6.03. The van der Waals surface area contributed by atoms with Gasteiger partial charge in [-0.2, -0.15) is 0 Å². The van der Waals surface area contributed by atoms with Crippen LogP contribution in [0.2, 0.25) is 0 Å². The molecule has 2 heterocycles. The van der Waals surface area contributed by atoms with Gasteiger partial charge < -0.3 is 9.64 Å². The molecule has 8 heteroatoms. The Morgan fingerprint density at radius 2 is 2.04 bits per heavy atom. The van der Waals surface area contributed by atoms with E-state index in [1.165, 1.54) is 0 Å². The number of likely N-dealkylation sites (tertiary alicyclic amines) is 1. The number of rotatable bonds is 5. The smallest absolute Gasteiger partial charge is 0.294 e. The van der Waals surface area contributed by atoms with E-state index in [9.17, 15) is 14.4 Å². The van der Waals surface area contributed by atoms with Crippen LogP contribution in [0.1, 0.15) is 25.3 Å². The molecule has 0 atom stereocenters. The van der Waals surface area contributed by atoms with Gasteiger partial charge in [0.05, 0.1) is 16.0 Å². The Morgan fingerprint density at radius 3 is 2.69 bits per heavy atom. The van der Waals surface area contributed by atoms with E-state index >= 15 is 0 Å². The number of thioether (sulfide) groups is 1. The molecular formula is C18H19BrN2O4S. The second-order valence-electron chi connectivity index (χ2n) is 5.98. The molecule has 2 saturated heterocycles. The number of hydrogen-bond donors (Lipinski definition) is 0. The molecule has 0 bridgehead atoms. The van der Waals surface area contributed by atoms with Crippen LogP contribution in [0.3, 0.4) is 0 Å². The average molecular weight is 439 g/mol. The van der Waals surface area contributed by atoms with Crippen LogP contribution in [0.25, 0.3) is 6.08 Å². The zero-order valence-electron chi connectivity index (χ0n) is 14.4. The highest BCUT2D eigenvalue weighted by atomic mass is 79.9. The quantitative estimate of drug-likeness (QED) is 0.657. The molecule has 0 saturated carbocycles. The number of nitrogens with zero attached hydrogens (tertiary/aromatic N) is 2. The number of amides is 3. The van der Waals surface area contributed by atoms with E-state index in [1.807, 2.05) is 19.1 Å². The maximum Gasteiger partial charge on any atom is 0.294 e. The van der Waals surface area contributed by atoms with Crippen LogP contribution >= 0.6 is 27.7 Å². The van der Waals surface area contributed by atoms with Gasteiger partial charge in [0.1, 0.15) is 12.3 Å². The van der Waals surface area contributed by atoms with Crippen LogP contribution in [0, 0.1) is 0 Å². The Labute approximate surface area is 164 Å². The maximum atomic E-state index is 12.5. The Bertz CT molecular complexity index is 774. The summed E-state index contributed by atoms with van der Waals surface area (Å²) in [4.78, 5) is 40.0. The molecule has 3 rings (SSSR count). The number of ether oxygens (including phenoxy) is 1. The Hall–Kier alpha value is -1.80. The van der Waals surface area contributed by atoms with Gasteiger partial charge in [0.15, 0.2) is 0 Å². The molecule has 0 aliphatic carbocycles. The molecule has 0 spiro atoms. The Morgan fingerprint density at radius 1 is 1.31 bits per heavy atom. The first-order chi connectivity index (χ1) is 12.5. The van der Waals surface area contributed by atoms with Crippen molar-refractivity contribution >= 4 is 50.8 Å². The van der Waals surface area contributed by atoms with Gasteiger partial charge >= 0.3 is 0 Å². The van der Waals surface area contributed by atoms with Gasteiger partial charge in [-0.15, -0.1) is 0 Å². The van der Waals surface area contributed by atoms with E-state index in [4.69, 9.17) is 4.74 Å². The van der Waals surface area contributed by atoms with Gasteiger partial charge in [-0.1, -0.05) is 6.07 Å². The summed E-state index contributed by atoms with van der Waals surface area (Å²) in [5.41, 5.74) is 0.775. The van der Waals surface area contributed by atoms with Crippen molar-refractivity contribution in [3.8, 4) is 5.75 Å². The van der Waals surface area contributed by atoms with Crippen molar-refractivity contribution in [3.63, 3.8) is 0 Å². The molecule has 2 aliphatic rings. The molecule has 2 fully saturated rings. The molecule has 0 aromatic heterocycles. The number of carbonyl (C=O) groups excluding carboxylic acids is 3. The summed E-state index contributed by atoms with van der Waals surface area (Å²) >= 11 is 4.30. The first-order valence-corrected chi connectivity index (χ1v) is 10.1. The fourth-order valence-electron chi connectivity index (χ4n) is 2.87. The summed E-state index contributed by atoms with van der Waals surface area (Å²) in [7, 11) is 0. The van der Waals surface area contributed by atoms with Crippen molar-refractivity contribution in [2.45, 2.75) is 19.8 Å². The third-order valence-corrected chi connectivity index (χ3v) is 5.71. The highest BCUT2D eigenvalue weighted by molar-refractivity contribution is 9.10. The predicted octanol–water partition coefficient (Wildman–Crippen LogP) is 3.51. The van der Waals surface area contributed by atoms with Gasteiger partial charge in [0.2, 0.25) is 5.91 Å². The number of benzene rings is 1. The standard InChI is InChI=1S/C18H19BrN2O4S/c1-2-25-14-6-5-12(9-13(14)19)10-15-17(23)21(18(24)26-15)11-16(22)20-7-3-4-8-20/h5-6,9-10H,2-4,7-8,11H2,1H3/b15-10-. The van der Waals surface area contributed by atoms with E-state index in [0.717, 1.165) is 39.5 Å². The van der Waals surface area contributed by atoms with Gasteiger partial charge in [-0.3, -0.25) is 19.3 Å². The zero-order valence-corrected chi connectivity index (χ0v) is 16.8.